The van der Waals surface area contributed by atoms with Crippen LogP contribution in [0.25, 0.3) is 0 Å². The van der Waals surface area contributed by atoms with E-state index in [9.17, 15) is 0 Å². The minimum Gasteiger partial charge on any atom is -0.300 e. The van der Waals surface area contributed by atoms with Gasteiger partial charge in [0.25, 0.3) is 0 Å². The second-order valence-electron chi connectivity index (χ2n) is 3.56. The van der Waals surface area contributed by atoms with E-state index < -0.39 is 0 Å². The molecule has 0 radical (unpaired) electrons. The van der Waals surface area contributed by atoms with Crippen LogP contribution in [0.3, 0.4) is 0 Å². The quantitative estimate of drug-likeness (QED) is 0.823. The highest BCUT2D eigenvalue weighted by Gasteiger charge is 2.07. The van der Waals surface area contributed by atoms with E-state index >= 15 is 0 Å². The molecule has 0 aliphatic heterocycles. The fraction of sp³-hybridized carbons (Fsp3) is 0.385. The van der Waals surface area contributed by atoms with Crippen LogP contribution >= 0.6 is 15.9 Å². The molecule has 1 rings (SSSR count). The summed E-state index contributed by atoms with van der Waals surface area (Å²) in [5, 5.41) is 3.33. The molecule has 15 heavy (non-hydrogen) atoms. The summed E-state index contributed by atoms with van der Waals surface area (Å²) in [6.45, 7) is 5.15. The summed E-state index contributed by atoms with van der Waals surface area (Å²) >= 11 is 3.48. The largest absolute Gasteiger partial charge is 0.300 e. The maximum atomic E-state index is 5.51. The van der Waals surface area contributed by atoms with Crippen LogP contribution in [-0.4, -0.2) is 6.54 Å². The first kappa shape index (κ1) is 12.3. The normalized spacial score (nSPS) is 12.1. The average molecular weight is 266 g/mol. The maximum absolute atomic E-state index is 5.51. The van der Waals surface area contributed by atoms with Crippen LogP contribution in [0, 0.1) is 19.3 Å². The fourth-order valence-electron chi connectivity index (χ4n) is 1.41. The van der Waals surface area contributed by atoms with Gasteiger partial charge in [-0.25, -0.2) is 0 Å². The molecule has 1 atom stereocenters. The molecule has 0 spiro atoms. The van der Waals surface area contributed by atoms with E-state index in [1.165, 1.54) is 5.56 Å². The number of terminal acetylenes is 1. The molecule has 1 nitrogen and oxygen atoms in total. The number of halogens is 1. The molecule has 0 saturated carbocycles. The summed E-state index contributed by atoms with van der Waals surface area (Å²) < 4.78 is 1.12. The van der Waals surface area contributed by atoms with E-state index in [0.717, 1.165) is 23.0 Å². The smallest absolute Gasteiger partial charge is 0.0943 e. The van der Waals surface area contributed by atoms with Crippen LogP contribution in [-0.2, 0) is 0 Å². The van der Waals surface area contributed by atoms with Gasteiger partial charge in [0.2, 0.25) is 0 Å². The van der Waals surface area contributed by atoms with Gasteiger partial charge in [0.15, 0.2) is 0 Å². The van der Waals surface area contributed by atoms with Gasteiger partial charge in [-0.2, -0.15) is 0 Å². The summed E-state index contributed by atoms with van der Waals surface area (Å²) in [5.41, 5.74) is 2.37. The third kappa shape index (κ3) is 3.37. The molecule has 0 bridgehead atoms. The Balaban J connectivity index is 2.84. The molecular formula is C13H16BrN. The Morgan fingerprint density at radius 2 is 2.27 bits per heavy atom. The van der Waals surface area contributed by atoms with Crippen LogP contribution in [0.15, 0.2) is 22.7 Å². The molecule has 0 fully saturated rings. The molecule has 0 aliphatic rings. The van der Waals surface area contributed by atoms with Gasteiger partial charge >= 0.3 is 0 Å². The molecule has 0 heterocycles. The van der Waals surface area contributed by atoms with Crippen molar-refractivity contribution in [3.63, 3.8) is 0 Å². The van der Waals surface area contributed by atoms with E-state index in [1.807, 2.05) is 6.07 Å². The number of benzene rings is 1. The van der Waals surface area contributed by atoms with Gasteiger partial charge in [-0.15, -0.1) is 6.42 Å². The Labute approximate surface area is 100 Å². The number of hydrogen-bond donors (Lipinski definition) is 1. The highest BCUT2D eigenvalue weighted by Crippen LogP contribution is 2.20. The van der Waals surface area contributed by atoms with Gasteiger partial charge < -0.3 is 5.32 Å². The van der Waals surface area contributed by atoms with Crippen LogP contribution < -0.4 is 5.32 Å². The summed E-state index contributed by atoms with van der Waals surface area (Å²) in [6, 6.07) is 6.25. The molecule has 1 aromatic rings. The Bertz CT molecular complexity index is 365. The Morgan fingerprint density at radius 1 is 1.53 bits per heavy atom. The zero-order valence-electron chi connectivity index (χ0n) is 9.18. The van der Waals surface area contributed by atoms with Gasteiger partial charge in [0.05, 0.1) is 6.04 Å². The number of nitrogens with one attached hydrogen (secondary N) is 1. The number of aryl methyl sites for hydroxylation is 1. The Kier molecular flexibility index (Phi) is 4.87. The summed E-state index contributed by atoms with van der Waals surface area (Å²) in [6.07, 6.45) is 6.60. The fourth-order valence-corrected chi connectivity index (χ4v) is 1.66. The highest BCUT2D eigenvalue weighted by atomic mass is 79.9. The van der Waals surface area contributed by atoms with Crippen molar-refractivity contribution in [3.05, 3.63) is 33.8 Å². The predicted octanol–water partition coefficient (Wildman–Crippen LogP) is 3.43. The van der Waals surface area contributed by atoms with Gasteiger partial charge in [-0.1, -0.05) is 40.9 Å². The topological polar surface area (TPSA) is 12.0 Å². The van der Waals surface area contributed by atoms with E-state index in [1.54, 1.807) is 0 Å². The molecule has 80 valence electrons. The molecule has 1 aromatic carbocycles. The van der Waals surface area contributed by atoms with Crippen molar-refractivity contribution in [1.82, 2.24) is 5.32 Å². The summed E-state index contributed by atoms with van der Waals surface area (Å²) in [4.78, 5) is 0. The molecule has 0 aliphatic carbocycles. The Morgan fingerprint density at radius 3 is 2.80 bits per heavy atom. The molecule has 2 heteroatoms. The van der Waals surface area contributed by atoms with Crippen molar-refractivity contribution in [1.29, 1.82) is 0 Å². The lowest BCUT2D eigenvalue weighted by atomic mass is 10.1. The zero-order chi connectivity index (χ0) is 11.3. The molecular weight excluding hydrogens is 250 g/mol. The van der Waals surface area contributed by atoms with Gasteiger partial charge in [0.1, 0.15) is 0 Å². The average Bonchev–Trinajstić information content (AvgIpc) is 2.24. The van der Waals surface area contributed by atoms with Gasteiger partial charge in [0, 0.05) is 4.47 Å². The molecule has 1 unspecified atom stereocenters. The van der Waals surface area contributed by atoms with Gasteiger partial charge in [-0.05, 0) is 37.1 Å². The van der Waals surface area contributed by atoms with Crippen molar-refractivity contribution in [3.8, 4) is 12.3 Å². The lowest BCUT2D eigenvalue weighted by Gasteiger charge is -2.13. The van der Waals surface area contributed by atoms with E-state index in [2.05, 4.69) is 53.1 Å². The van der Waals surface area contributed by atoms with Gasteiger partial charge in [-0.3, -0.25) is 0 Å². The molecule has 0 aromatic heterocycles. The second-order valence-corrected chi connectivity index (χ2v) is 4.42. The maximum Gasteiger partial charge on any atom is 0.0943 e. The number of rotatable bonds is 4. The van der Waals surface area contributed by atoms with Crippen molar-refractivity contribution in [2.75, 3.05) is 6.54 Å². The van der Waals surface area contributed by atoms with E-state index in [-0.39, 0.29) is 6.04 Å². The first-order valence-electron chi connectivity index (χ1n) is 5.14. The second kappa shape index (κ2) is 5.95. The van der Waals surface area contributed by atoms with Crippen molar-refractivity contribution in [2.45, 2.75) is 26.3 Å². The van der Waals surface area contributed by atoms with Crippen molar-refractivity contribution >= 4 is 15.9 Å². The Hall–Kier alpha value is -0.780. The lowest BCUT2D eigenvalue weighted by Crippen LogP contribution is -2.20. The zero-order valence-corrected chi connectivity index (χ0v) is 10.8. The predicted molar refractivity (Wildman–Crippen MR) is 68.7 cm³/mol. The standard InChI is InChI=1S/C13H16BrN/c1-4-8-15-13(5-2)11-6-7-12(14)10(3)9-11/h2,6-7,9,13,15H,4,8H2,1,3H3. The summed E-state index contributed by atoms with van der Waals surface area (Å²) in [5.74, 6) is 2.77. The highest BCUT2D eigenvalue weighted by molar-refractivity contribution is 9.10. The molecule has 1 N–H and O–H groups in total. The van der Waals surface area contributed by atoms with Crippen LogP contribution in [0.1, 0.15) is 30.5 Å². The first-order chi connectivity index (χ1) is 7.19. The van der Waals surface area contributed by atoms with E-state index in [4.69, 9.17) is 6.42 Å². The van der Waals surface area contributed by atoms with Crippen molar-refractivity contribution < 1.29 is 0 Å². The minimum absolute atomic E-state index is 0.0248. The SMILES string of the molecule is C#CC(NCCC)c1ccc(Br)c(C)c1. The minimum atomic E-state index is 0.0248. The van der Waals surface area contributed by atoms with Crippen LogP contribution in [0.5, 0.6) is 0 Å². The monoisotopic (exact) mass is 265 g/mol. The van der Waals surface area contributed by atoms with Crippen LogP contribution in [0.4, 0.5) is 0 Å². The van der Waals surface area contributed by atoms with E-state index in [0.29, 0.717) is 0 Å². The van der Waals surface area contributed by atoms with Crippen molar-refractivity contribution in [2.24, 2.45) is 0 Å². The molecule has 0 amide bonds. The summed E-state index contributed by atoms with van der Waals surface area (Å²) in [7, 11) is 0. The van der Waals surface area contributed by atoms with Crippen LogP contribution in [0.2, 0.25) is 0 Å². The lowest BCUT2D eigenvalue weighted by molar-refractivity contribution is 0.626. The number of hydrogen-bond acceptors (Lipinski definition) is 1. The first-order valence-corrected chi connectivity index (χ1v) is 5.94. The molecule has 0 saturated heterocycles. The third-order valence-corrected chi connectivity index (χ3v) is 3.17. The third-order valence-electron chi connectivity index (χ3n) is 2.28.